The van der Waals surface area contributed by atoms with Crippen LogP contribution in [0.25, 0.3) is 0 Å². The first-order chi connectivity index (χ1) is 5.88. The van der Waals surface area contributed by atoms with Crippen molar-refractivity contribution in [1.29, 1.82) is 0 Å². The van der Waals surface area contributed by atoms with Gasteiger partial charge in [-0.05, 0) is 20.8 Å². The molecule has 0 aliphatic carbocycles. The lowest BCUT2D eigenvalue weighted by Crippen LogP contribution is -2.40. The molecular weight excluding hydrogens is 172 g/mol. The van der Waals surface area contributed by atoms with E-state index in [1.807, 2.05) is 0 Å². The SMILES string of the molecule is CC(C)(C)OC(=O)C1C[N+](O)=CN1. The van der Waals surface area contributed by atoms with Gasteiger partial charge in [-0.25, -0.2) is 4.79 Å². The van der Waals surface area contributed by atoms with Crippen molar-refractivity contribution in [3.8, 4) is 0 Å². The molecule has 1 unspecified atom stereocenters. The van der Waals surface area contributed by atoms with E-state index in [0.717, 1.165) is 4.74 Å². The normalized spacial score (nSPS) is 22.1. The highest BCUT2D eigenvalue weighted by molar-refractivity contribution is 5.79. The van der Waals surface area contributed by atoms with Crippen LogP contribution in [0, 0.1) is 0 Å². The molecule has 2 N–H and O–H groups in total. The molecule has 5 heteroatoms. The summed E-state index contributed by atoms with van der Waals surface area (Å²) in [5.41, 5.74) is -0.484. The third-order valence-corrected chi connectivity index (χ3v) is 1.49. The van der Waals surface area contributed by atoms with E-state index in [9.17, 15) is 4.79 Å². The zero-order chi connectivity index (χ0) is 10.1. The lowest BCUT2D eigenvalue weighted by molar-refractivity contribution is -0.766. The molecule has 0 radical (unpaired) electrons. The summed E-state index contributed by atoms with van der Waals surface area (Å²) in [6.07, 6.45) is 1.34. The van der Waals surface area contributed by atoms with Crippen LogP contribution in [-0.2, 0) is 9.53 Å². The average molecular weight is 187 g/mol. The lowest BCUT2D eigenvalue weighted by atomic mass is 10.2. The molecule has 0 saturated heterocycles. The molecule has 13 heavy (non-hydrogen) atoms. The first-order valence-electron chi connectivity index (χ1n) is 4.16. The number of hydrogen-bond acceptors (Lipinski definition) is 4. The van der Waals surface area contributed by atoms with E-state index in [1.54, 1.807) is 20.8 Å². The second-order valence-corrected chi connectivity index (χ2v) is 4.00. The number of hydroxylamine groups is 1. The molecule has 0 saturated carbocycles. The fourth-order valence-electron chi connectivity index (χ4n) is 0.984. The van der Waals surface area contributed by atoms with Crippen LogP contribution in [0.1, 0.15) is 20.8 Å². The van der Waals surface area contributed by atoms with Crippen molar-refractivity contribution in [3.63, 3.8) is 0 Å². The third-order valence-electron chi connectivity index (χ3n) is 1.49. The predicted molar refractivity (Wildman–Crippen MR) is 45.7 cm³/mol. The molecule has 74 valence electrons. The first-order valence-corrected chi connectivity index (χ1v) is 4.16. The van der Waals surface area contributed by atoms with Gasteiger partial charge in [0.15, 0.2) is 6.54 Å². The summed E-state index contributed by atoms with van der Waals surface area (Å²) in [6, 6.07) is -0.468. The molecule has 1 heterocycles. The largest absolute Gasteiger partial charge is 0.457 e. The average Bonchev–Trinajstić information content (AvgIpc) is 2.31. The Morgan fingerprint density at radius 3 is 2.69 bits per heavy atom. The van der Waals surface area contributed by atoms with Gasteiger partial charge in [-0.15, -0.1) is 0 Å². The van der Waals surface area contributed by atoms with E-state index in [1.165, 1.54) is 6.34 Å². The zero-order valence-corrected chi connectivity index (χ0v) is 8.07. The summed E-state index contributed by atoms with van der Waals surface area (Å²) >= 11 is 0. The van der Waals surface area contributed by atoms with E-state index >= 15 is 0 Å². The Hall–Kier alpha value is -1.26. The topological polar surface area (TPSA) is 61.6 Å². The maximum atomic E-state index is 11.4. The molecule has 0 aromatic heterocycles. The van der Waals surface area contributed by atoms with E-state index in [2.05, 4.69) is 5.32 Å². The molecule has 0 spiro atoms. The van der Waals surface area contributed by atoms with Crippen molar-refractivity contribution < 1.29 is 19.5 Å². The van der Waals surface area contributed by atoms with E-state index < -0.39 is 11.6 Å². The van der Waals surface area contributed by atoms with Crippen molar-refractivity contribution in [3.05, 3.63) is 0 Å². The van der Waals surface area contributed by atoms with E-state index in [-0.39, 0.29) is 12.5 Å². The van der Waals surface area contributed by atoms with Gasteiger partial charge in [0.2, 0.25) is 6.04 Å². The third kappa shape index (κ3) is 2.93. The van der Waals surface area contributed by atoms with Gasteiger partial charge >= 0.3 is 5.97 Å². The molecule has 0 bridgehead atoms. The number of esters is 1. The predicted octanol–water partition coefficient (Wildman–Crippen LogP) is -0.270. The number of rotatable bonds is 1. The summed E-state index contributed by atoms with van der Waals surface area (Å²) in [5.74, 6) is -0.347. The Balaban J connectivity index is 2.43. The number of ether oxygens (including phenoxy) is 1. The lowest BCUT2D eigenvalue weighted by Gasteiger charge is -2.20. The summed E-state index contributed by atoms with van der Waals surface area (Å²) in [4.78, 5) is 11.4. The summed E-state index contributed by atoms with van der Waals surface area (Å²) in [6.45, 7) is 5.65. The van der Waals surface area contributed by atoms with Gasteiger partial charge in [0.25, 0.3) is 6.34 Å². The molecule has 0 amide bonds. The van der Waals surface area contributed by atoms with Gasteiger partial charge in [-0.1, -0.05) is 4.74 Å². The van der Waals surface area contributed by atoms with Crippen LogP contribution in [0.5, 0.6) is 0 Å². The molecule has 1 atom stereocenters. The Labute approximate surface area is 77.0 Å². The molecule has 0 fully saturated rings. The van der Waals surface area contributed by atoms with Gasteiger partial charge in [0.05, 0.1) is 0 Å². The van der Waals surface area contributed by atoms with Gasteiger partial charge in [0, 0.05) is 0 Å². The Morgan fingerprint density at radius 2 is 2.31 bits per heavy atom. The molecular formula is C8H15N2O3+. The molecule has 0 aromatic carbocycles. The van der Waals surface area contributed by atoms with Gasteiger partial charge < -0.3 is 9.94 Å². The van der Waals surface area contributed by atoms with Crippen LogP contribution in [0.2, 0.25) is 0 Å². The van der Waals surface area contributed by atoms with Crippen LogP contribution in [0.4, 0.5) is 0 Å². The molecule has 5 nitrogen and oxygen atoms in total. The van der Waals surface area contributed by atoms with E-state index in [0.29, 0.717) is 0 Å². The minimum absolute atomic E-state index is 0.231. The van der Waals surface area contributed by atoms with Crippen molar-refractivity contribution in [2.45, 2.75) is 32.4 Å². The monoisotopic (exact) mass is 187 g/mol. The number of carbonyl (C=O) groups is 1. The van der Waals surface area contributed by atoms with Crippen molar-refractivity contribution in [2.24, 2.45) is 0 Å². The second-order valence-electron chi connectivity index (χ2n) is 4.00. The van der Waals surface area contributed by atoms with Crippen molar-refractivity contribution >= 4 is 12.3 Å². The Morgan fingerprint density at radius 1 is 1.69 bits per heavy atom. The number of nitrogens with one attached hydrogen (secondary N) is 1. The maximum absolute atomic E-state index is 11.4. The van der Waals surface area contributed by atoms with Crippen molar-refractivity contribution in [1.82, 2.24) is 5.32 Å². The minimum atomic E-state index is -0.484. The van der Waals surface area contributed by atoms with Gasteiger partial charge in [-0.2, -0.15) is 0 Å². The highest BCUT2D eigenvalue weighted by Gasteiger charge is 2.33. The number of nitrogens with zero attached hydrogens (tertiary/aromatic N) is 1. The maximum Gasteiger partial charge on any atom is 0.356 e. The highest BCUT2D eigenvalue weighted by atomic mass is 16.6. The van der Waals surface area contributed by atoms with Crippen molar-refractivity contribution in [2.75, 3.05) is 6.54 Å². The van der Waals surface area contributed by atoms with Crippen LogP contribution in [0.15, 0.2) is 0 Å². The fourth-order valence-corrected chi connectivity index (χ4v) is 0.984. The minimum Gasteiger partial charge on any atom is -0.457 e. The van der Waals surface area contributed by atoms with Crippen LogP contribution >= 0.6 is 0 Å². The smallest absolute Gasteiger partial charge is 0.356 e. The molecule has 0 aromatic rings. The van der Waals surface area contributed by atoms with Gasteiger partial charge in [-0.3, -0.25) is 5.32 Å². The first kappa shape index (κ1) is 9.83. The molecule has 1 aliphatic heterocycles. The number of hydrogen-bond donors (Lipinski definition) is 2. The molecule has 1 aliphatic rings. The second kappa shape index (κ2) is 3.24. The number of carbonyl (C=O) groups excluding carboxylic acids is 1. The quantitative estimate of drug-likeness (QED) is 0.337. The fraction of sp³-hybridized carbons (Fsp3) is 0.750. The van der Waals surface area contributed by atoms with Crippen LogP contribution in [-0.4, -0.2) is 40.4 Å². The van der Waals surface area contributed by atoms with Gasteiger partial charge in [0.1, 0.15) is 5.60 Å². The highest BCUT2D eigenvalue weighted by Crippen LogP contribution is 2.08. The molecule has 1 rings (SSSR count). The Bertz CT molecular complexity index is 242. The Kier molecular flexibility index (Phi) is 2.45. The van der Waals surface area contributed by atoms with Crippen LogP contribution < -0.4 is 5.32 Å². The zero-order valence-electron chi connectivity index (χ0n) is 8.07. The summed E-state index contributed by atoms with van der Waals surface area (Å²) < 4.78 is 6.04. The summed E-state index contributed by atoms with van der Waals surface area (Å²) in [7, 11) is 0. The van der Waals surface area contributed by atoms with Crippen LogP contribution in [0.3, 0.4) is 0 Å². The summed E-state index contributed by atoms with van der Waals surface area (Å²) in [5, 5.41) is 11.7. The standard InChI is InChI=1S/C8H14N2O3/c1-8(2,3)13-7(11)6-4-10(12)5-9-6/h5-6,12H,4H2,1-3H3/p+1. The van der Waals surface area contributed by atoms with E-state index in [4.69, 9.17) is 9.94 Å².